The maximum absolute atomic E-state index is 10.4. The van der Waals surface area contributed by atoms with Gasteiger partial charge in [-0.15, -0.1) is 0 Å². The van der Waals surface area contributed by atoms with Gasteiger partial charge in [0.25, 0.3) is 0 Å². The minimum atomic E-state index is -0.638. The summed E-state index contributed by atoms with van der Waals surface area (Å²) in [5.41, 5.74) is 1.94. The number of aliphatic hydroxyl groups is 1. The van der Waals surface area contributed by atoms with Crippen molar-refractivity contribution in [3.63, 3.8) is 0 Å². The topological polar surface area (TPSA) is 32.3 Å². The molecule has 1 aromatic carbocycles. The van der Waals surface area contributed by atoms with Crippen molar-refractivity contribution in [2.75, 3.05) is 0 Å². The zero-order valence-electron chi connectivity index (χ0n) is 9.46. The fourth-order valence-corrected chi connectivity index (χ4v) is 2.50. The second kappa shape index (κ2) is 3.95. The lowest BCUT2D eigenvalue weighted by molar-refractivity contribution is 0.0131. The van der Waals surface area contributed by atoms with Gasteiger partial charge in [-0.2, -0.15) is 0 Å². The third-order valence-electron chi connectivity index (χ3n) is 3.24. The number of rotatable bonds is 3. The van der Waals surface area contributed by atoms with Crippen LogP contribution in [-0.4, -0.2) is 10.7 Å². The first-order valence-corrected chi connectivity index (χ1v) is 5.68. The summed E-state index contributed by atoms with van der Waals surface area (Å²) in [5, 5.41) is 13.8. The third-order valence-corrected chi connectivity index (χ3v) is 3.24. The highest BCUT2D eigenvalue weighted by Crippen LogP contribution is 2.35. The Hall–Kier alpha value is -0.860. The quantitative estimate of drug-likeness (QED) is 0.794. The normalized spacial score (nSPS) is 23.5. The monoisotopic (exact) mass is 205 g/mol. The van der Waals surface area contributed by atoms with E-state index in [1.54, 1.807) is 0 Å². The summed E-state index contributed by atoms with van der Waals surface area (Å²) in [5.74, 6) is 0. The van der Waals surface area contributed by atoms with Gasteiger partial charge in [0, 0.05) is 6.54 Å². The van der Waals surface area contributed by atoms with Crippen LogP contribution in [0.15, 0.2) is 24.3 Å². The smallest absolute Gasteiger partial charge is 0.0813 e. The second-order valence-electron chi connectivity index (χ2n) is 4.62. The van der Waals surface area contributed by atoms with Crippen LogP contribution in [0.2, 0.25) is 0 Å². The molecular formula is C13H19NO. The van der Waals surface area contributed by atoms with E-state index in [0.717, 1.165) is 19.4 Å². The molecule has 1 aliphatic rings. The fourth-order valence-electron chi connectivity index (χ4n) is 2.50. The average molecular weight is 205 g/mol. The van der Waals surface area contributed by atoms with Crippen LogP contribution in [-0.2, 0) is 6.54 Å². The zero-order valence-corrected chi connectivity index (χ0v) is 9.46. The van der Waals surface area contributed by atoms with Crippen LogP contribution in [0.3, 0.4) is 0 Å². The molecule has 0 amide bonds. The van der Waals surface area contributed by atoms with Crippen molar-refractivity contribution in [3.8, 4) is 0 Å². The maximum atomic E-state index is 10.4. The van der Waals surface area contributed by atoms with E-state index in [1.165, 1.54) is 11.1 Å². The van der Waals surface area contributed by atoms with Crippen LogP contribution in [0.5, 0.6) is 0 Å². The summed E-state index contributed by atoms with van der Waals surface area (Å²) >= 11 is 0. The molecule has 0 aromatic heterocycles. The van der Waals surface area contributed by atoms with E-state index in [-0.39, 0.29) is 6.04 Å². The van der Waals surface area contributed by atoms with Crippen molar-refractivity contribution in [1.82, 2.24) is 5.32 Å². The van der Waals surface area contributed by atoms with Gasteiger partial charge < -0.3 is 10.4 Å². The number of hydrogen-bond acceptors (Lipinski definition) is 2. The molecule has 0 bridgehead atoms. The van der Waals surface area contributed by atoms with Gasteiger partial charge in [-0.3, -0.25) is 0 Å². The van der Waals surface area contributed by atoms with E-state index in [4.69, 9.17) is 0 Å². The number of hydrogen-bond donors (Lipinski definition) is 2. The first kappa shape index (κ1) is 10.7. The highest BCUT2D eigenvalue weighted by molar-refractivity contribution is 5.35. The molecule has 15 heavy (non-hydrogen) atoms. The van der Waals surface area contributed by atoms with Crippen molar-refractivity contribution in [3.05, 3.63) is 35.4 Å². The van der Waals surface area contributed by atoms with Crippen molar-refractivity contribution in [2.24, 2.45) is 0 Å². The van der Waals surface area contributed by atoms with Crippen LogP contribution in [0, 0.1) is 0 Å². The molecule has 2 atom stereocenters. The summed E-state index contributed by atoms with van der Waals surface area (Å²) in [6, 6.07) is 8.43. The zero-order chi connectivity index (χ0) is 10.9. The molecular weight excluding hydrogens is 186 g/mol. The summed E-state index contributed by atoms with van der Waals surface area (Å²) < 4.78 is 0. The Morgan fingerprint density at radius 3 is 2.93 bits per heavy atom. The highest BCUT2D eigenvalue weighted by Gasteiger charge is 2.36. The predicted molar refractivity (Wildman–Crippen MR) is 61.6 cm³/mol. The van der Waals surface area contributed by atoms with E-state index in [0.29, 0.717) is 0 Å². The van der Waals surface area contributed by atoms with E-state index >= 15 is 0 Å². The summed E-state index contributed by atoms with van der Waals surface area (Å²) in [4.78, 5) is 0. The minimum absolute atomic E-state index is 0.0913. The lowest BCUT2D eigenvalue weighted by atomic mass is 9.87. The van der Waals surface area contributed by atoms with Crippen molar-refractivity contribution in [2.45, 2.75) is 44.9 Å². The summed E-state index contributed by atoms with van der Waals surface area (Å²) in [6.45, 7) is 4.91. The first-order chi connectivity index (χ1) is 7.15. The molecule has 1 aliphatic heterocycles. The molecule has 0 aliphatic carbocycles. The van der Waals surface area contributed by atoms with Crippen LogP contribution < -0.4 is 5.32 Å². The average Bonchev–Trinajstić information content (AvgIpc) is 2.61. The molecule has 0 fully saturated rings. The minimum Gasteiger partial charge on any atom is -0.388 e. The van der Waals surface area contributed by atoms with Gasteiger partial charge >= 0.3 is 0 Å². The molecule has 2 heteroatoms. The van der Waals surface area contributed by atoms with Crippen molar-refractivity contribution < 1.29 is 5.11 Å². The lowest BCUT2D eigenvalue weighted by Crippen LogP contribution is -2.38. The van der Waals surface area contributed by atoms with Gasteiger partial charge in [-0.05, 0) is 24.5 Å². The summed E-state index contributed by atoms with van der Waals surface area (Å²) in [7, 11) is 0. The van der Waals surface area contributed by atoms with Crippen LogP contribution in [0.4, 0.5) is 0 Å². The molecule has 1 heterocycles. The maximum Gasteiger partial charge on any atom is 0.0813 e. The van der Waals surface area contributed by atoms with Gasteiger partial charge in [-0.25, -0.2) is 0 Å². The molecule has 2 unspecified atom stereocenters. The molecule has 2 N–H and O–H groups in total. The van der Waals surface area contributed by atoms with E-state index in [2.05, 4.69) is 30.4 Å². The molecule has 0 spiro atoms. The number of fused-ring (bicyclic) bond motifs is 1. The Labute approximate surface area is 91.3 Å². The number of benzene rings is 1. The largest absolute Gasteiger partial charge is 0.388 e. The van der Waals surface area contributed by atoms with Crippen LogP contribution >= 0.6 is 0 Å². The van der Waals surface area contributed by atoms with Gasteiger partial charge in [0.05, 0.1) is 11.6 Å². The molecule has 0 saturated heterocycles. The highest BCUT2D eigenvalue weighted by atomic mass is 16.3. The standard InChI is InChI=1S/C13H19NO/c1-3-8-13(2,15)12-11-7-5-4-6-10(11)9-14-12/h4-7,12,14-15H,3,8-9H2,1-2H3. The second-order valence-corrected chi connectivity index (χ2v) is 4.62. The Bertz CT molecular complexity index is 346. The third kappa shape index (κ3) is 1.92. The van der Waals surface area contributed by atoms with Crippen LogP contribution in [0.25, 0.3) is 0 Å². The Balaban J connectivity index is 2.27. The Morgan fingerprint density at radius 2 is 2.20 bits per heavy atom. The predicted octanol–water partition coefficient (Wildman–Crippen LogP) is 2.38. The van der Waals surface area contributed by atoms with E-state index in [1.807, 2.05) is 13.0 Å². The SMILES string of the molecule is CCCC(C)(O)C1NCc2ccccc21. The van der Waals surface area contributed by atoms with Gasteiger partial charge in [-0.1, -0.05) is 37.6 Å². The molecule has 0 radical (unpaired) electrons. The number of nitrogens with one attached hydrogen (secondary N) is 1. The van der Waals surface area contributed by atoms with E-state index < -0.39 is 5.60 Å². The lowest BCUT2D eigenvalue weighted by Gasteiger charge is -2.30. The Kier molecular flexibility index (Phi) is 2.81. The summed E-state index contributed by atoms with van der Waals surface area (Å²) in [6.07, 6.45) is 1.84. The van der Waals surface area contributed by atoms with Gasteiger partial charge in [0.1, 0.15) is 0 Å². The van der Waals surface area contributed by atoms with Crippen LogP contribution in [0.1, 0.15) is 43.9 Å². The molecule has 1 aromatic rings. The van der Waals surface area contributed by atoms with Crippen molar-refractivity contribution in [1.29, 1.82) is 0 Å². The fraction of sp³-hybridized carbons (Fsp3) is 0.538. The molecule has 2 rings (SSSR count). The Morgan fingerprint density at radius 1 is 1.47 bits per heavy atom. The van der Waals surface area contributed by atoms with Gasteiger partial charge in [0.2, 0.25) is 0 Å². The van der Waals surface area contributed by atoms with Crippen molar-refractivity contribution >= 4 is 0 Å². The van der Waals surface area contributed by atoms with E-state index in [9.17, 15) is 5.11 Å². The molecule has 2 nitrogen and oxygen atoms in total. The first-order valence-electron chi connectivity index (χ1n) is 5.68. The molecule has 0 saturated carbocycles. The van der Waals surface area contributed by atoms with Gasteiger partial charge in [0.15, 0.2) is 0 Å². The molecule has 82 valence electrons.